The van der Waals surface area contributed by atoms with Crippen LogP contribution in [0.2, 0.25) is 0 Å². The van der Waals surface area contributed by atoms with Crippen LogP contribution < -0.4 is 10.2 Å². The summed E-state index contributed by atoms with van der Waals surface area (Å²) in [6, 6.07) is 4.26. The Morgan fingerprint density at radius 3 is 2.59 bits per heavy atom. The second kappa shape index (κ2) is 4.20. The molecule has 1 aromatic carbocycles. The van der Waals surface area contributed by atoms with Gasteiger partial charge in [0.25, 0.3) is 0 Å². The van der Waals surface area contributed by atoms with Crippen LogP contribution in [0.1, 0.15) is 25.5 Å². The molecule has 3 nitrogen and oxygen atoms in total. The maximum Gasteiger partial charge on any atom is 0.189 e. The van der Waals surface area contributed by atoms with E-state index in [0.717, 1.165) is 5.69 Å². The van der Waals surface area contributed by atoms with Crippen molar-refractivity contribution in [3.8, 4) is 5.75 Å². The Morgan fingerprint density at radius 1 is 1.29 bits per heavy atom. The average Bonchev–Trinajstić information content (AvgIpc) is 2.27. The van der Waals surface area contributed by atoms with Gasteiger partial charge in [0.2, 0.25) is 0 Å². The fourth-order valence-corrected chi connectivity index (χ4v) is 1.74. The number of hydrogen-bond donors (Lipinski definition) is 1. The van der Waals surface area contributed by atoms with Gasteiger partial charge in [-0.2, -0.15) is 0 Å². The lowest BCUT2D eigenvalue weighted by atomic mass is 10.1. The van der Waals surface area contributed by atoms with Crippen molar-refractivity contribution in [2.75, 3.05) is 7.11 Å². The minimum absolute atomic E-state index is 0.0836. The van der Waals surface area contributed by atoms with Gasteiger partial charge in [0, 0.05) is 23.2 Å². The molecule has 0 saturated heterocycles. The molecule has 17 heavy (non-hydrogen) atoms. The van der Waals surface area contributed by atoms with Crippen molar-refractivity contribution < 1.29 is 9.13 Å². The van der Waals surface area contributed by atoms with Gasteiger partial charge in [-0.1, -0.05) is 13.8 Å². The number of methoxy groups -OCH3 is 1. The van der Waals surface area contributed by atoms with E-state index in [4.69, 9.17) is 4.74 Å². The van der Waals surface area contributed by atoms with Gasteiger partial charge in [-0.25, -0.2) is 4.39 Å². The smallest absolute Gasteiger partial charge is 0.189 e. The lowest BCUT2D eigenvalue weighted by molar-refractivity contribution is 0.387. The molecule has 2 rings (SSSR count). The average molecular weight is 235 g/mol. The topological polar surface area (TPSA) is 42.1 Å². The molecule has 0 aliphatic carbocycles. The Labute approximate surface area is 98.2 Å². The van der Waals surface area contributed by atoms with Crippen LogP contribution in [0.3, 0.4) is 0 Å². The first-order valence-electron chi connectivity index (χ1n) is 5.43. The van der Waals surface area contributed by atoms with E-state index in [1.54, 1.807) is 6.07 Å². The highest BCUT2D eigenvalue weighted by atomic mass is 19.1. The summed E-state index contributed by atoms with van der Waals surface area (Å²) in [7, 11) is 1.38. The summed E-state index contributed by atoms with van der Waals surface area (Å²) in [5.74, 6) is -0.200. The first-order chi connectivity index (χ1) is 8.02. The monoisotopic (exact) mass is 235 g/mol. The van der Waals surface area contributed by atoms with Crippen molar-refractivity contribution in [3.05, 3.63) is 39.9 Å². The van der Waals surface area contributed by atoms with E-state index in [2.05, 4.69) is 4.98 Å². The molecule has 1 aromatic heterocycles. The molecule has 1 heterocycles. The zero-order valence-corrected chi connectivity index (χ0v) is 10.0. The molecule has 4 heteroatoms. The minimum Gasteiger partial charge on any atom is -0.494 e. The molecule has 0 spiro atoms. The predicted molar refractivity (Wildman–Crippen MR) is 65.2 cm³/mol. The summed E-state index contributed by atoms with van der Waals surface area (Å²) < 4.78 is 18.4. The number of benzene rings is 1. The highest BCUT2D eigenvalue weighted by Gasteiger charge is 2.10. The minimum atomic E-state index is -0.475. The van der Waals surface area contributed by atoms with Crippen LogP contribution >= 0.6 is 0 Å². The Bertz CT molecular complexity index is 617. The van der Waals surface area contributed by atoms with Gasteiger partial charge >= 0.3 is 0 Å². The Kier molecular flexibility index (Phi) is 2.88. The molecule has 0 aliphatic heterocycles. The van der Waals surface area contributed by atoms with Gasteiger partial charge in [0.1, 0.15) is 0 Å². The summed E-state index contributed by atoms with van der Waals surface area (Å²) >= 11 is 0. The van der Waals surface area contributed by atoms with E-state index in [0.29, 0.717) is 10.9 Å². The van der Waals surface area contributed by atoms with Crippen molar-refractivity contribution in [2.24, 2.45) is 0 Å². The van der Waals surface area contributed by atoms with Crippen LogP contribution in [0.5, 0.6) is 5.75 Å². The van der Waals surface area contributed by atoms with E-state index >= 15 is 0 Å². The molecule has 0 amide bonds. The maximum atomic E-state index is 13.5. The van der Waals surface area contributed by atoms with Gasteiger partial charge in [-0.05, 0) is 12.0 Å². The van der Waals surface area contributed by atoms with Crippen LogP contribution in [0, 0.1) is 5.82 Å². The fraction of sp³-hybridized carbons (Fsp3) is 0.308. The van der Waals surface area contributed by atoms with E-state index in [9.17, 15) is 9.18 Å². The second-order valence-corrected chi connectivity index (χ2v) is 4.28. The van der Waals surface area contributed by atoms with E-state index in [-0.39, 0.29) is 17.1 Å². The SMILES string of the molecule is COc1cc2c(=O)cc(C(C)C)[nH]c2cc1F. The number of fused-ring (bicyclic) bond motifs is 1. The molecule has 0 atom stereocenters. The molecule has 0 radical (unpaired) electrons. The number of pyridine rings is 1. The highest BCUT2D eigenvalue weighted by Crippen LogP contribution is 2.22. The zero-order valence-electron chi connectivity index (χ0n) is 10.0. The van der Waals surface area contributed by atoms with Gasteiger partial charge in [0.05, 0.1) is 12.6 Å². The van der Waals surface area contributed by atoms with Gasteiger partial charge < -0.3 is 9.72 Å². The van der Waals surface area contributed by atoms with Crippen molar-refractivity contribution in [3.63, 3.8) is 0 Å². The van der Waals surface area contributed by atoms with E-state index in [1.165, 1.54) is 19.2 Å². The first-order valence-corrected chi connectivity index (χ1v) is 5.43. The molecule has 90 valence electrons. The lowest BCUT2D eigenvalue weighted by Crippen LogP contribution is -2.07. The van der Waals surface area contributed by atoms with Gasteiger partial charge in [-0.15, -0.1) is 0 Å². The molecule has 0 saturated carbocycles. The summed E-state index contributed by atoms with van der Waals surface area (Å²) in [5.41, 5.74) is 1.17. The standard InChI is InChI=1S/C13H14FNO2/c1-7(2)10-6-12(16)8-4-13(17-3)9(14)5-11(8)15-10/h4-7H,1-3H3,(H,15,16). The molecule has 0 fully saturated rings. The third-order valence-electron chi connectivity index (χ3n) is 2.75. The van der Waals surface area contributed by atoms with Crippen LogP contribution in [0.15, 0.2) is 23.0 Å². The fourth-order valence-electron chi connectivity index (χ4n) is 1.74. The number of hydrogen-bond acceptors (Lipinski definition) is 2. The van der Waals surface area contributed by atoms with E-state index in [1.807, 2.05) is 13.8 Å². The number of nitrogens with one attached hydrogen (secondary N) is 1. The predicted octanol–water partition coefficient (Wildman–Crippen LogP) is 2.80. The van der Waals surface area contributed by atoms with Crippen molar-refractivity contribution in [1.29, 1.82) is 0 Å². The number of aromatic amines is 1. The number of halogens is 1. The molecular weight excluding hydrogens is 221 g/mol. The summed E-state index contributed by atoms with van der Waals surface area (Å²) in [4.78, 5) is 14.9. The number of ether oxygens (including phenoxy) is 1. The molecule has 0 aliphatic rings. The van der Waals surface area contributed by atoms with Crippen LogP contribution in [0.25, 0.3) is 10.9 Å². The van der Waals surface area contributed by atoms with Gasteiger partial charge in [0.15, 0.2) is 17.0 Å². The van der Waals surface area contributed by atoms with E-state index < -0.39 is 5.82 Å². The largest absolute Gasteiger partial charge is 0.494 e. The van der Waals surface area contributed by atoms with Crippen molar-refractivity contribution in [1.82, 2.24) is 4.98 Å². The Balaban J connectivity index is 2.78. The van der Waals surface area contributed by atoms with Crippen LogP contribution in [-0.4, -0.2) is 12.1 Å². The second-order valence-electron chi connectivity index (χ2n) is 4.28. The summed E-state index contributed by atoms with van der Waals surface area (Å²) in [6.07, 6.45) is 0. The number of H-pyrrole nitrogens is 1. The molecular formula is C13H14FNO2. The maximum absolute atomic E-state index is 13.5. The Morgan fingerprint density at radius 2 is 2.00 bits per heavy atom. The number of aromatic nitrogens is 1. The third kappa shape index (κ3) is 2.02. The van der Waals surface area contributed by atoms with Gasteiger partial charge in [-0.3, -0.25) is 4.79 Å². The first kappa shape index (κ1) is 11.6. The molecule has 1 N–H and O–H groups in total. The van der Waals surface area contributed by atoms with Crippen molar-refractivity contribution in [2.45, 2.75) is 19.8 Å². The quantitative estimate of drug-likeness (QED) is 0.869. The summed E-state index contributed by atoms with van der Waals surface area (Å²) in [6.45, 7) is 3.94. The van der Waals surface area contributed by atoms with Crippen LogP contribution in [0.4, 0.5) is 4.39 Å². The molecule has 2 aromatic rings. The molecule has 0 unspecified atom stereocenters. The molecule has 0 bridgehead atoms. The highest BCUT2D eigenvalue weighted by molar-refractivity contribution is 5.80. The lowest BCUT2D eigenvalue weighted by Gasteiger charge is -2.09. The number of rotatable bonds is 2. The summed E-state index contributed by atoms with van der Waals surface area (Å²) in [5, 5.41) is 0.438. The normalized spacial score (nSPS) is 11.1. The van der Waals surface area contributed by atoms with Crippen LogP contribution in [-0.2, 0) is 0 Å². The zero-order chi connectivity index (χ0) is 12.6. The third-order valence-corrected chi connectivity index (χ3v) is 2.75. The Hall–Kier alpha value is -1.84. The van der Waals surface area contributed by atoms with Crippen molar-refractivity contribution >= 4 is 10.9 Å².